The SMILES string of the molecule is C=C(C)C(=O)OC(C)C(C(C)=O)C(=O)O.CC(C)[O][Ti]. The Balaban J connectivity index is 0. The van der Waals surface area contributed by atoms with Gasteiger partial charge in [-0.1, -0.05) is 6.58 Å². The summed E-state index contributed by atoms with van der Waals surface area (Å²) in [7, 11) is 0. The Bertz CT molecular complexity index is 350. The Hall–Kier alpha value is -0.976. The van der Waals surface area contributed by atoms with Gasteiger partial charge >= 0.3 is 56.0 Å². The zero-order valence-corrected chi connectivity index (χ0v) is 14.0. The van der Waals surface area contributed by atoms with Crippen LogP contribution in [-0.2, 0) is 43.3 Å². The van der Waals surface area contributed by atoms with E-state index in [2.05, 4.69) is 6.58 Å². The zero-order chi connectivity index (χ0) is 16.5. The summed E-state index contributed by atoms with van der Waals surface area (Å²) < 4.78 is 9.51. The molecule has 0 aliphatic carbocycles. The van der Waals surface area contributed by atoms with E-state index in [4.69, 9.17) is 13.2 Å². The third-order valence-corrected chi connectivity index (χ3v) is 2.79. The van der Waals surface area contributed by atoms with Gasteiger partial charge in [0, 0.05) is 5.57 Å². The van der Waals surface area contributed by atoms with Crippen LogP contribution in [-0.4, -0.2) is 35.0 Å². The van der Waals surface area contributed by atoms with Crippen LogP contribution in [0.3, 0.4) is 0 Å². The fourth-order valence-corrected chi connectivity index (χ4v) is 1.04. The van der Waals surface area contributed by atoms with Gasteiger partial charge in [-0.2, -0.15) is 0 Å². The molecular formula is C13H21O6Ti. The minimum absolute atomic E-state index is 0.162. The molecule has 0 rings (SSSR count). The van der Waals surface area contributed by atoms with Crippen molar-refractivity contribution in [2.45, 2.75) is 46.8 Å². The van der Waals surface area contributed by atoms with Crippen molar-refractivity contribution in [3.8, 4) is 0 Å². The van der Waals surface area contributed by atoms with Gasteiger partial charge in [-0.25, -0.2) is 4.79 Å². The second-order valence-corrected chi connectivity index (χ2v) is 4.85. The van der Waals surface area contributed by atoms with Crippen molar-refractivity contribution in [2.75, 3.05) is 0 Å². The summed E-state index contributed by atoms with van der Waals surface area (Å²) in [4.78, 5) is 32.8. The molecule has 0 aliphatic heterocycles. The first-order valence-corrected chi connectivity index (χ1v) is 6.60. The summed E-state index contributed by atoms with van der Waals surface area (Å²) >= 11 is 1.70. The van der Waals surface area contributed by atoms with Crippen molar-refractivity contribution in [2.24, 2.45) is 5.92 Å². The van der Waals surface area contributed by atoms with Crippen molar-refractivity contribution < 1.29 is 48.4 Å². The first-order chi connectivity index (χ1) is 9.04. The minimum atomic E-state index is -1.33. The summed E-state index contributed by atoms with van der Waals surface area (Å²) in [5, 5.41) is 8.73. The summed E-state index contributed by atoms with van der Waals surface area (Å²) in [5.41, 5.74) is 0.162. The molecule has 0 fully saturated rings. The maximum atomic E-state index is 11.1. The van der Waals surface area contributed by atoms with Gasteiger partial charge in [-0.3, -0.25) is 9.59 Å². The molecule has 0 aromatic heterocycles. The van der Waals surface area contributed by atoms with Gasteiger partial charge in [0.05, 0.1) is 0 Å². The molecule has 0 amide bonds. The Labute approximate surface area is 131 Å². The standard InChI is InChI=1S/C10H14O5.C3H7O.Ti/c1-5(2)10(14)15-7(4)8(6(3)11)9(12)13;1-3(2)4;/h7-8H,1H2,2-4H3,(H,12,13);3H,1-2H3;/q;-1;+1. The predicted molar refractivity (Wildman–Crippen MR) is 68.4 cm³/mol. The average Bonchev–Trinajstić information content (AvgIpc) is 2.28. The Kier molecular flexibility index (Phi) is 11.5. The van der Waals surface area contributed by atoms with E-state index in [1.807, 2.05) is 13.8 Å². The molecule has 0 saturated carbocycles. The second kappa shape index (κ2) is 10.8. The van der Waals surface area contributed by atoms with E-state index < -0.39 is 29.7 Å². The van der Waals surface area contributed by atoms with Crippen LogP contribution in [0.15, 0.2) is 12.2 Å². The van der Waals surface area contributed by atoms with Crippen LogP contribution in [0.2, 0.25) is 0 Å². The molecule has 113 valence electrons. The first-order valence-electron chi connectivity index (χ1n) is 5.96. The third kappa shape index (κ3) is 9.89. The van der Waals surface area contributed by atoms with Crippen molar-refractivity contribution in [1.29, 1.82) is 0 Å². The number of ether oxygens (including phenoxy) is 1. The van der Waals surface area contributed by atoms with Crippen LogP contribution in [0.4, 0.5) is 0 Å². The molecule has 0 aliphatic rings. The van der Waals surface area contributed by atoms with Crippen molar-refractivity contribution in [1.82, 2.24) is 0 Å². The van der Waals surface area contributed by atoms with E-state index in [9.17, 15) is 14.4 Å². The van der Waals surface area contributed by atoms with Gasteiger partial charge in [0.1, 0.15) is 11.9 Å². The fraction of sp³-hybridized carbons (Fsp3) is 0.615. The zero-order valence-electron chi connectivity index (χ0n) is 12.4. The van der Waals surface area contributed by atoms with Gasteiger partial charge in [0.25, 0.3) is 0 Å². The molecule has 6 nitrogen and oxygen atoms in total. The first kappa shape index (κ1) is 21.3. The molecule has 0 aromatic rings. The van der Waals surface area contributed by atoms with E-state index in [1.165, 1.54) is 13.8 Å². The average molecular weight is 321 g/mol. The van der Waals surface area contributed by atoms with Crippen LogP contribution in [0.5, 0.6) is 0 Å². The molecule has 20 heavy (non-hydrogen) atoms. The topological polar surface area (TPSA) is 89.9 Å². The number of carbonyl (C=O) groups is 3. The quantitative estimate of drug-likeness (QED) is 0.346. The number of ketones is 1. The second-order valence-electron chi connectivity index (χ2n) is 4.48. The number of carbonyl (C=O) groups excluding carboxylic acids is 2. The number of carboxylic acids is 1. The molecule has 0 spiro atoms. The molecule has 2 unspecified atom stereocenters. The number of hydrogen-bond donors (Lipinski definition) is 1. The monoisotopic (exact) mass is 321 g/mol. The van der Waals surface area contributed by atoms with Gasteiger partial charge in [0.15, 0.2) is 5.92 Å². The van der Waals surface area contributed by atoms with E-state index in [-0.39, 0.29) is 5.57 Å². The van der Waals surface area contributed by atoms with Crippen molar-refractivity contribution in [3.05, 3.63) is 12.2 Å². The predicted octanol–water partition coefficient (Wildman–Crippen LogP) is 1.66. The van der Waals surface area contributed by atoms with Crippen LogP contribution < -0.4 is 0 Å². The van der Waals surface area contributed by atoms with Crippen LogP contribution >= 0.6 is 0 Å². The molecule has 1 N–H and O–H groups in total. The third-order valence-electron chi connectivity index (χ3n) is 2.05. The van der Waals surface area contributed by atoms with Crippen LogP contribution in [0, 0.1) is 5.92 Å². The molecule has 0 radical (unpaired) electrons. The van der Waals surface area contributed by atoms with E-state index in [1.54, 1.807) is 20.8 Å². The van der Waals surface area contributed by atoms with E-state index in [0.29, 0.717) is 6.10 Å². The number of carboxylic acid groups (broad SMARTS) is 1. The van der Waals surface area contributed by atoms with Crippen molar-refractivity contribution >= 4 is 17.7 Å². The van der Waals surface area contributed by atoms with Crippen LogP contribution in [0.25, 0.3) is 0 Å². The Morgan fingerprint density at radius 3 is 1.75 bits per heavy atom. The van der Waals surface area contributed by atoms with Gasteiger partial charge in [-0.15, -0.1) is 0 Å². The number of hydrogen-bond acceptors (Lipinski definition) is 5. The molecule has 0 saturated heterocycles. The molecule has 0 aromatic carbocycles. The number of Topliss-reactive ketones (excluding diaryl/α,β-unsaturated/α-hetero) is 1. The summed E-state index contributed by atoms with van der Waals surface area (Å²) in [5.74, 6) is -3.88. The number of rotatable bonds is 6. The molecular weight excluding hydrogens is 300 g/mol. The summed E-state index contributed by atoms with van der Waals surface area (Å²) in [6, 6.07) is 0. The maximum absolute atomic E-state index is 11.1. The van der Waals surface area contributed by atoms with Gasteiger partial charge in [0.2, 0.25) is 0 Å². The molecule has 7 heteroatoms. The molecule has 0 bridgehead atoms. The van der Waals surface area contributed by atoms with Gasteiger partial charge < -0.3 is 9.84 Å². The number of esters is 1. The summed E-state index contributed by atoms with van der Waals surface area (Å²) in [6.45, 7) is 11.3. The van der Waals surface area contributed by atoms with E-state index in [0.717, 1.165) is 6.92 Å². The molecule has 0 heterocycles. The number of aliphatic carboxylic acids is 1. The van der Waals surface area contributed by atoms with Crippen LogP contribution in [0.1, 0.15) is 34.6 Å². The fourth-order valence-electron chi connectivity index (χ4n) is 1.04. The Morgan fingerprint density at radius 1 is 1.15 bits per heavy atom. The molecule has 2 atom stereocenters. The van der Waals surface area contributed by atoms with Crippen molar-refractivity contribution in [3.63, 3.8) is 0 Å². The summed E-state index contributed by atoms with van der Waals surface area (Å²) in [6.07, 6.45) is -0.612. The van der Waals surface area contributed by atoms with E-state index >= 15 is 0 Å². The Morgan fingerprint density at radius 2 is 1.55 bits per heavy atom. The van der Waals surface area contributed by atoms with Gasteiger partial charge in [-0.05, 0) is 20.8 Å². The normalized spacial score (nSPS) is 12.7.